The Morgan fingerprint density at radius 1 is 1.56 bits per heavy atom. The van der Waals surface area contributed by atoms with E-state index in [-0.39, 0.29) is 12.2 Å². The lowest BCUT2D eigenvalue weighted by Gasteiger charge is -2.12. The van der Waals surface area contributed by atoms with Crippen LogP contribution in [-0.2, 0) is 6.54 Å². The number of halogens is 3. The van der Waals surface area contributed by atoms with Crippen molar-refractivity contribution in [3.8, 4) is 11.5 Å². The predicted molar refractivity (Wildman–Crippen MR) is 52.0 cm³/mol. The molecule has 18 heavy (non-hydrogen) atoms. The summed E-state index contributed by atoms with van der Waals surface area (Å²) in [5, 5.41) is 10.6. The normalized spacial score (nSPS) is 11.2. The molecule has 0 aromatic carbocycles. The zero-order valence-corrected chi connectivity index (χ0v) is 9.02. The maximum absolute atomic E-state index is 12.1. The summed E-state index contributed by atoms with van der Waals surface area (Å²) in [6.45, 7) is -0.191. The second-order valence-electron chi connectivity index (χ2n) is 2.98. The van der Waals surface area contributed by atoms with Crippen molar-refractivity contribution in [1.82, 2.24) is 4.98 Å². The fourth-order valence-electron chi connectivity index (χ4n) is 1.14. The lowest BCUT2D eigenvalue weighted by molar-refractivity contribution is -0.393. The first-order chi connectivity index (χ1) is 8.28. The summed E-state index contributed by atoms with van der Waals surface area (Å²) in [6.07, 6.45) is -5.09. The molecule has 0 saturated heterocycles. The fraction of sp³-hybridized carbons (Fsp3) is 0.375. The Bertz CT molecular complexity index is 464. The van der Waals surface area contributed by atoms with Crippen molar-refractivity contribution in [2.24, 2.45) is 5.73 Å². The molecule has 0 spiro atoms. The van der Waals surface area contributed by atoms with Gasteiger partial charge < -0.3 is 25.3 Å². The Hall–Kier alpha value is -2.10. The number of alkyl halides is 3. The van der Waals surface area contributed by atoms with Gasteiger partial charge in [0.25, 0.3) is 5.75 Å². The van der Waals surface area contributed by atoms with E-state index in [2.05, 4.69) is 14.5 Å². The second-order valence-corrected chi connectivity index (χ2v) is 2.98. The molecule has 0 radical (unpaired) electrons. The quantitative estimate of drug-likeness (QED) is 0.652. The van der Waals surface area contributed by atoms with Crippen LogP contribution in [0.1, 0.15) is 5.69 Å². The zero-order chi connectivity index (χ0) is 13.9. The molecule has 2 N–H and O–H groups in total. The average molecular weight is 267 g/mol. The third-order valence-electron chi connectivity index (χ3n) is 1.79. The molecule has 0 fully saturated rings. The van der Waals surface area contributed by atoms with Crippen LogP contribution in [0.3, 0.4) is 0 Å². The van der Waals surface area contributed by atoms with Crippen LogP contribution in [0, 0.1) is 10.1 Å². The summed E-state index contributed by atoms with van der Waals surface area (Å²) in [5.74, 6) is -2.67. The van der Waals surface area contributed by atoms with Crippen LogP contribution in [0.4, 0.5) is 19.0 Å². The number of methoxy groups -OCH3 is 1. The van der Waals surface area contributed by atoms with Crippen LogP contribution in [0.25, 0.3) is 0 Å². The minimum Gasteiger partial charge on any atom is -0.492 e. The Morgan fingerprint density at radius 2 is 2.17 bits per heavy atom. The van der Waals surface area contributed by atoms with Gasteiger partial charge in [0.1, 0.15) is 0 Å². The molecular formula is C8H8F3N3O4. The Labute approximate surface area is 98.5 Å². The maximum atomic E-state index is 12.1. The highest BCUT2D eigenvalue weighted by Crippen LogP contribution is 2.39. The van der Waals surface area contributed by atoms with E-state index in [0.717, 1.165) is 13.2 Å². The number of hydrogen-bond donors (Lipinski definition) is 1. The van der Waals surface area contributed by atoms with Gasteiger partial charge in [0.15, 0.2) is 11.4 Å². The van der Waals surface area contributed by atoms with Crippen LogP contribution in [-0.4, -0.2) is 23.4 Å². The monoisotopic (exact) mass is 267 g/mol. The number of rotatable bonds is 4. The Morgan fingerprint density at radius 3 is 2.56 bits per heavy atom. The van der Waals surface area contributed by atoms with E-state index in [1.807, 2.05) is 0 Å². The molecule has 10 heteroatoms. The van der Waals surface area contributed by atoms with Gasteiger partial charge in [-0.15, -0.1) is 13.2 Å². The van der Waals surface area contributed by atoms with Gasteiger partial charge in [0.05, 0.1) is 13.7 Å². The van der Waals surface area contributed by atoms with Crippen molar-refractivity contribution in [2.75, 3.05) is 7.11 Å². The number of nitro groups is 1. The van der Waals surface area contributed by atoms with Gasteiger partial charge in [-0.25, -0.2) is 0 Å². The predicted octanol–water partition coefficient (Wildman–Crippen LogP) is 1.36. The van der Waals surface area contributed by atoms with Gasteiger partial charge >= 0.3 is 12.2 Å². The molecule has 1 rings (SSSR count). The average Bonchev–Trinajstić information content (AvgIpc) is 2.26. The van der Waals surface area contributed by atoms with Crippen LogP contribution in [0.15, 0.2) is 6.07 Å². The van der Waals surface area contributed by atoms with Crippen LogP contribution in [0.5, 0.6) is 11.5 Å². The van der Waals surface area contributed by atoms with Crippen molar-refractivity contribution >= 4 is 5.82 Å². The van der Waals surface area contributed by atoms with Crippen molar-refractivity contribution in [3.05, 3.63) is 21.9 Å². The van der Waals surface area contributed by atoms with E-state index in [4.69, 9.17) is 5.73 Å². The van der Waals surface area contributed by atoms with E-state index >= 15 is 0 Å². The standard InChI is InChI=1S/C8H8F3N3O4/c1-17-5-2-4(3-12)13-7(14(15)16)6(5)18-8(9,10)11/h2H,3,12H2,1H3. The third-order valence-corrected chi connectivity index (χ3v) is 1.79. The molecule has 0 amide bonds. The first-order valence-electron chi connectivity index (χ1n) is 4.46. The highest BCUT2D eigenvalue weighted by molar-refractivity contribution is 5.52. The van der Waals surface area contributed by atoms with Crippen LogP contribution < -0.4 is 15.2 Å². The van der Waals surface area contributed by atoms with Crippen LogP contribution in [0.2, 0.25) is 0 Å². The summed E-state index contributed by atoms with van der Waals surface area (Å²) in [4.78, 5) is 12.9. The number of pyridine rings is 1. The van der Waals surface area contributed by atoms with Gasteiger partial charge in [-0.3, -0.25) is 0 Å². The van der Waals surface area contributed by atoms with Crippen molar-refractivity contribution in [3.63, 3.8) is 0 Å². The molecule has 0 aliphatic heterocycles. The van der Waals surface area contributed by atoms with E-state index < -0.39 is 28.6 Å². The van der Waals surface area contributed by atoms with E-state index in [1.54, 1.807) is 0 Å². The summed E-state index contributed by atoms with van der Waals surface area (Å²) in [6, 6.07) is 1.04. The molecule has 1 heterocycles. The molecule has 0 atom stereocenters. The molecule has 0 bridgehead atoms. The summed E-state index contributed by atoms with van der Waals surface area (Å²) in [5.41, 5.74) is 5.22. The number of nitrogens with two attached hydrogens (primary N) is 1. The molecule has 7 nitrogen and oxygen atoms in total. The van der Waals surface area contributed by atoms with E-state index in [1.165, 1.54) is 0 Å². The number of hydrogen-bond acceptors (Lipinski definition) is 6. The summed E-state index contributed by atoms with van der Waals surface area (Å²) < 4.78 is 44.5. The van der Waals surface area contributed by atoms with Gasteiger partial charge in [-0.1, -0.05) is 0 Å². The topological polar surface area (TPSA) is 101 Å². The SMILES string of the molecule is COc1cc(CN)nc([N+](=O)[O-])c1OC(F)(F)F. The molecule has 1 aromatic rings. The lowest BCUT2D eigenvalue weighted by Crippen LogP contribution is -2.19. The van der Waals surface area contributed by atoms with Gasteiger partial charge in [0, 0.05) is 6.07 Å². The summed E-state index contributed by atoms with van der Waals surface area (Å²) >= 11 is 0. The van der Waals surface area contributed by atoms with E-state index in [0.29, 0.717) is 0 Å². The number of aromatic nitrogens is 1. The molecule has 1 aromatic heterocycles. The largest absolute Gasteiger partial charge is 0.573 e. The minimum atomic E-state index is -5.09. The molecule has 100 valence electrons. The number of nitrogens with zero attached hydrogens (tertiary/aromatic N) is 2. The first-order valence-corrected chi connectivity index (χ1v) is 4.46. The van der Waals surface area contributed by atoms with Gasteiger partial charge in [-0.05, 0) is 9.91 Å². The number of ether oxygens (including phenoxy) is 2. The third kappa shape index (κ3) is 3.20. The fourth-order valence-corrected chi connectivity index (χ4v) is 1.14. The first kappa shape index (κ1) is 14.0. The lowest BCUT2D eigenvalue weighted by atomic mass is 10.3. The zero-order valence-electron chi connectivity index (χ0n) is 9.02. The highest BCUT2D eigenvalue weighted by atomic mass is 19.4. The summed E-state index contributed by atoms with van der Waals surface area (Å²) in [7, 11) is 1.04. The molecule has 0 aliphatic rings. The molecule has 0 unspecified atom stereocenters. The second kappa shape index (κ2) is 5.04. The van der Waals surface area contributed by atoms with Crippen LogP contribution >= 0.6 is 0 Å². The Kier molecular flexibility index (Phi) is 3.91. The maximum Gasteiger partial charge on any atom is 0.573 e. The van der Waals surface area contributed by atoms with Gasteiger partial charge in [-0.2, -0.15) is 0 Å². The molecular weight excluding hydrogens is 259 g/mol. The van der Waals surface area contributed by atoms with E-state index in [9.17, 15) is 23.3 Å². The van der Waals surface area contributed by atoms with Crippen molar-refractivity contribution in [1.29, 1.82) is 0 Å². The minimum absolute atomic E-state index is 0.00748. The molecule has 0 aliphatic carbocycles. The smallest absolute Gasteiger partial charge is 0.492 e. The highest BCUT2D eigenvalue weighted by Gasteiger charge is 2.37. The Balaban J connectivity index is 3.39. The van der Waals surface area contributed by atoms with Gasteiger partial charge in [0.2, 0.25) is 0 Å². The van der Waals surface area contributed by atoms with Crippen molar-refractivity contribution < 1.29 is 27.6 Å². The molecule has 0 saturated carbocycles. The van der Waals surface area contributed by atoms with Crippen molar-refractivity contribution in [2.45, 2.75) is 12.9 Å².